The molecule has 32 heavy (non-hydrogen) atoms. The quantitative estimate of drug-likeness (QED) is 0.502. The smallest absolute Gasteiger partial charge is 0.263 e. The molecule has 0 aliphatic rings. The Kier molecular flexibility index (Phi) is 7.00. The van der Waals surface area contributed by atoms with Crippen molar-refractivity contribution in [3.63, 3.8) is 0 Å². The summed E-state index contributed by atoms with van der Waals surface area (Å²) in [4.78, 5) is 12.4. The Morgan fingerprint density at radius 2 is 1.69 bits per heavy atom. The second-order valence-electron chi connectivity index (χ2n) is 6.85. The maximum absolute atomic E-state index is 13.5. The molecule has 0 aromatic heterocycles. The van der Waals surface area contributed by atoms with Crippen LogP contribution in [0.15, 0.2) is 65.6 Å². The molecule has 0 spiro atoms. The number of hydrogen-bond donors (Lipinski definition) is 2. The first-order chi connectivity index (χ1) is 15.1. The fraction of sp³-hybridized carbons (Fsp3) is 0.136. The van der Waals surface area contributed by atoms with Gasteiger partial charge in [-0.3, -0.25) is 9.52 Å². The first-order valence-corrected chi connectivity index (χ1v) is 11.2. The highest BCUT2D eigenvalue weighted by Crippen LogP contribution is 2.26. The van der Waals surface area contributed by atoms with Gasteiger partial charge in [-0.15, -0.1) is 0 Å². The average molecular weight is 481 g/mol. The third kappa shape index (κ3) is 5.35. The van der Waals surface area contributed by atoms with Crippen molar-refractivity contribution in [1.29, 1.82) is 0 Å². The summed E-state index contributed by atoms with van der Waals surface area (Å²) in [5.74, 6) is -2.09. The van der Waals surface area contributed by atoms with E-state index in [4.69, 9.17) is 16.3 Å². The van der Waals surface area contributed by atoms with Gasteiger partial charge in [0.25, 0.3) is 15.9 Å². The van der Waals surface area contributed by atoms with Gasteiger partial charge in [-0.1, -0.05) is 17.7 Å². The molecule has 3 aromatic rings. The highest BCUT2D eigenvalue weighted by molar-refractivity contribution is 7.92. The summed E-state index contributed by atoms with van der Waals surface area (Å²) >= 11 is 6.09. The van der Waals surface area contributed by atoms with E-state index in [1.165, 1.54) is 37.4 Å². The molecular weight excluding hydrogens is 462 g/mol. The van der Waals surface area contributed by atoms with Gasteiger partial charge in [0.15, 0.2) is 11.6 Å². The van der Waals surface area contributed by atoms with Crippen LogP contribution in [0.3, 0.4) is 0 Å². The predicted octanol–water partition coefficient (Wildman–Crippen LogP) is 4.92. The highest BCUT2D eigenvalue weighted by Gasteiger charge is 2.21. The molecule has 2 N–H and O–H groups in total. The lowest BCUT2D eigenvalue weighted by Crippen LogP contribution is -2.27. The van der Waals surface area contributed by atoms with Gasteiger partial charge in [0.1, 0.15) is 10.6 Å². The number of nitrogens with one attached hydrogen (secondary N) is 2. The standard InChI is InChI=1S/C22H19ClF2N2O4S/c1-13(14-4-10-19(24)20(25)11-14)26-22(28)15-3-9-18(23)21(12-15)32(29,30)27-16-5-7-17(31-2)8-6-16/h3-13,27H,1-2H3,(H,26,28). The van der Waals surface area contributed by atoms with Gasteiger partial charge in [-0.05, 0) is 67.1 Å². The first-order valence-electron chi connectivity index (χ1n) is 9.33. The second-order valence-corrected chi connectivity index (χ2v) is 8.91. The van der Waals surface area contributed by atoms with E-state index < -0.39 is 33.6 Å². The zero-order valence-electron chi connectivity index (χ0n) is 17.0. The molecule has 0 aliphatic heterocycles. The Morgan fingerprint density at radius 3 is 2.31 bits per heavy atom. The molecule has 0 radical (unpaired) electrons. The van der Waals surface area contributed by atoms with Crippen LogP contribution in [0.2, 0.25) is 5.02 Å². The van der Waals surface area contributed by atoms with E-state index in [9.17, 15) is 22.0 Å². The summed E-state index contributed by atoms with van der Waals surface area (Å²) in [7, 11) is -2.62. The van der Waals surface area contributed by atoms with Crippen LogP contribution in [0.5, 0.6) is 5.75 Å². The van der Waals surface area contributed by atoms with Crippen molar-refractivity contribution < 1.29 is 26.7 Å². The summed E-state index contributed by atoms with van der Waals surface area (Å²) in [5, 5.41) is 2.55. The molecule has 6 nitrogen and oxygen atoms in total. The largest absolute Gasteiger partial charge is 0.497 e. The van der Waals surface area contributed by atoms with Crippen molar-refractivity contribution in [2.75, 3.05) is 11.8 Å². The number of amides is 1. The maximum atomic E-state index is 13.5. The summed E-state index contributed by atoms with van der Waals surface area (Å²) in [6.07, 6.45) is 0. The number of halogens is 3. The molecule has 0 bridgehead atoms. The van der Waals surface area contributed by atoms with E-state index in [1.807, 2.05) is 0 Å². The Hall–Kier alpha value is -3.17. The van der Waals surface area contributed by atoms with Gasteiger partial charge in [-0.2, -0.15) is 0 Å². The minimum Gasteiger partial charge on any atom is -0.497 e. The van der Waals surface area contributed by atoms with E-state index in [2.05, 4.69) is 10.0 Å². The molecule has 3 aromatic carbocycles. The number of hydrogen-bond acceptors (Lipinski definition) is 4. The lowest BCUT2D eigenvalue weighted by molar-refractivity contribution is 0.0939. The average Bonchev–Trinajstić information content (AvgIpc) is 2.76. The first kappa shape index (κ1) is 23.5. The summed E-state index contributed by atoms with van der Waals surface area (Å²) in [5.41, 5.74) is 0.655. The normalized spacial score (nSPS) is 12.2. The Bertz CT molecular complexity index is 1250. The number of anilines is 1. The van der Waals surface area contributed by atoms with Gasteiger partial charge >= 0.3 is 0 Å². The summed E-state index contributed by atoms with van der Waals surface area (Å²) < 4.78 is 59.7. The molecule has 0 saturated carbocycles. The third-order valence-electron chi connectivity index (χ3n) is 4.62. The lowest BCUT2D eigenvalue weighted by Gasteiger charge is -2.16. The topological polar surface area (TPSA) is 84.5 Å². The number of methoxy groups -OCH3 is 1. The molecular formula is C22H19ClF2N2O4S. The van der Waals surface area contributed by atoms with Gasteiger partial charge < -0.3 is 10.1 Å². The van der Waals surface area contributed by atoms with Gasteiger partial charge in [0, 0.05) is 11.3 Å². The van der Waals surface area contributed by atoms with Crippen LogP contribution in [0.1, 0.15) is 28.9 Å². The number of ether oxygens (including phenoxy) is 1. The SMILES string of the molecule is COc1ccc(NS(=O)(=O)c2cc(C(=O)NC(C)c3ccc(F)c(F)c3)ccc2Cl)cc1. The minimum absolute atomic E-state index is 0.0268. The number of sulfonamides is 1. The number of benzene rings is 3. The van der Waals surface area contributed by atoms with Crippen molar-refractivity contribution in [1.82, 2.24) is 5.32 Å². The monoisotopic (exact) mass is 480 g/mol. The number of carbonyl (C=O) groups is 1. The predicted molar refractivity (Wildman–Crippen MR) is 117 cm³/mol. The van der Waals surface area contributed by atoms with Crippen LogP contribution in [0.25, 0.3) is 0 Å². The fourth-order valence-electron chi connectivity index (χ4n) is 2.86. The Labute approximate surface area is 189 Å². The van der Waals surface area contributed by atoms with E-state index in [1.54, 1.807) is 19.1 Å². The zero-order chi connectivity index (χ0) is 23.5. The van der Waals surface area contributed by atoms with Crippen LogP contribution in [-0.2, 0) is 10.0 Å². The van der Waals surface area contributed by atoms with Crippen molar-refractivity contribution in [2.45, 2.75) is 17.9 Å². The molecule has 1 amide bonds. The summed E-state index contributed by atoms with van der Waals surface area (Å²) in [6.45, 7) is 1.59. The third-order valence-corrected chi connectivity index (χ3v) is 6.48. The van der Waals surface area contributed by atoms with Crippen LogP contribution in [-0.4, -0.2) is 21.4 Å². The lowest BCUT2D eigenvalue weighted by atomic mass is 10.1. The Morgan fingerprint density at radius 1 is 1.00 bits per heavy atom. The van der Waals surface area contributed by atoms with Crippen LogP contribution < -0.4 is 14.8 Å². The Balaban J connectivity index is 1.81. The second kappa shape index (κ2) is 9.54. The molecule has 1 unspecified atom stereocenters. The van der Waals surface area contributed by atoms with Crippen LogP contribution in [0.4, 0.5) is 14.5 Å². The molecule has 0 heterocycles. The van der Waals surface area contributed by atoms with Crippen LogP contribution in [0, 0.1) is 11.6 Å². The van der Waals surface area contributed by atoms with Crippen molar-refractivity contribution in [3.8, 4) is 5.75 Å². The molecule has 3 rings (SSSR count). The molecule has 0 saturated heterocycles. The van der Waals surface area contributed by atoms with E-state index >= 15 is 0 Å². The molecule has 0 fully saturated rings. The molecule has 168 valence electrons. The van der Waals surface area contributed by atoms with Crippen LogP contribution >= 0.6 is 11.6 Å². The van der Waals surface area contributed by atoms with Gasteiger partial charge in [0.05, 0.1) is 18.2 Å². The van der Waals surface area contributed by atoms with Crippen molar-refractivity contribution >= 4 is 33.2 Å². The zero-order valence-corrected chi connectivity index (χ0v) is 18.6. The van der Waals surface area contributed by atoms with E-state index in [0.717, 1.165) is 18.2 Å². The van der Waals surface area contributed by atoms with Crippen molar-refractivity contribution in [2.24, 2.45) is 0 Å². The number of rotatable bonds is 7. The fourth-order valence-corrected chi connectivity index (χ4v) is 4.45. The van der Waals surface area contributed by atoms with Gasteiger partial charge in [0.2, 0.25) is 0 Å². The van der Waals surface area contributed by atoms with E-state index in [-0.39, 0.29) is 21.2 Å². The molecule has 1 atom stereocenters. The molecule has 0 aliphatic carbocycles. The molecule has 10 heteroatoms. The maximum Gasteiger partial charge on any atom is 0.263 e. The van der Waals surface area contributed by atoms with E-state index in [0.29, 0.717) is 11.3 Å². The minimum atomic E-state index is -4.10. The highest BCUT2D eigenvalue weighted by atomic mass is 35.5. The van der Waals surface area contributed by atoms with Crippen molar-refractivity contribution in [3.05, 3.63) is 88.4 Å². The van der Waals surface area contributed by atoms with Gasteiger partial charge in [-0.25, -0.2) is 17.2 Å². The number of carbonyl (C=O) groups excluding carboxylic acids is 1. The summed E-state index contributed by atoms with van der Waals surface area (Å²) in [6, 6.07) is 12.6.